The maximum atomic E-state index is 12.5. The molecule has 1 rings (SSSR count). The quantitative estimate of drug-likeness (QED) is 0.236. The van der Waals surface area contributed by atoms with Crippen molar-refractivity contribution in [1.29, 1.82) is 0 Å². The number of rotatable bonds is 10. The number of benzene rings is 1. The number of sulfonamides is 1. The van der Waals surface area contributed by atoms with Gasteiger partial charge >= 0.3 is 0 Å². The first-order valence-corrected chi connectivity index (χ1v) is 14.6. The molecule has 1 aromatic rings. The highest BCUT2D eigenvalue weighted by atomic mass is 32.2. The fourth-order valence-electron chi connectivity index (χ4n) is 2.14. The average Bonchev–Trinajstić information content (AvgIpc) is 2.62. The van der Waals surface area contributed by atoms with Gasteiger partial charge in [0.25, 0.3) is 10.0 Å². The Kier molecular flexibility index (Phi) is 10.1. The largest absolute Gasteiger partial charge is 0.417 e. The summed E-state index contributed by atoms with van der Waals surface area (Å²) in [4.78, 5) is 7.90. The number of nitrogens with one attached hydrogen (secondary N) is 1. The SMILES string of the molecule is CCCCC#CC(CCO[Si](C)(C)C(C)(C)C)ONS(=O)(=O)c1ccc(C)cc1. The Morgan fingerprint density at radius 3 is 2.34 bits per heavy atom. The van der Waals surface area contributed by atoms with E-state index < -0.39 is 24.4 Å². The number of hydrogen-bond acceptors (Lipinski definition) is 4. The van der Waals surface area contributed by atoms with Crippen LogP contribution in [-0.4, -0.2) is 29.4 Å². The van der Waals surface area contributed by atoms with E-state index in [1.807, 2.05) is 6.92 Å². The second-order valence-corrected chi connectivity index (χ2v) is 15.3. The number of unbranched alkanes of at least 4 members (excludes halogenated alkanes) is 2. The molecule has 0 aliphatic rings. The lowest BCUT2D eigenvalue weighted by atomic mass is 10.2. The van der Waals surface area contributed by atoms with Gasteiger partial charge in [-0.25, -0.2) is 8.42 Å². The minimum Gasteiger partial charge on any atom is -0.417 e. The Balaban J connectivity index is 2.76. The van der Waals surface area contributed by atoms with Gasteiger partial charge in [-0.3, -0.25) is 4.84 Å². The maximum Gasteiger partial charge on any atom is 0.262 e. The first-order chi connectivity index (χ1) is 13.4. The molecule has 0 saturated heterocycles. The van der Waals surface area contributed by atoms with Crippen LogP contribution in [0.4, 0.5) is 0 Å². The third kappa shape index (κ3) is 9.02. The molecular formula is C22H37NO4SSi. The zero-order valence-electron chi connectivity index (χ0n) is 19.0. The van der Waals surface area contributed by atoms with E-state index in [4.69, 9.17) is 9.26 Å². The Labute approximate surface area is 178 Å². The maximum absolute atomic E-state index is 12.5. The Morgan fingerprint density at radius 1 is 1.17 bits per heavy atom. The van der Waals surface area contributed by atoms with E-state index in [-0.39, 0.29) is 9.93 Å². The molecular weight excluding hydrogens is 402 g/mol. The molecule has 29 heavy (non-hydrogen) atoms. The number of aryl methyl sites for hydroxylation is 1. The van der Waals surface area contributed by atoms with Gasteiger partial charge in [-0.1, -0.05) is 62.6 Å². The molecule has 1 aromatic carbocycles. The molecule has 0 fully saturated rings. The van der Waals surface area contributed by atoms with Gasteiger partial charge in [0.15, 0.2) is 8.32 Å². The highest BCUT2D eigenvalue weighted by molar-refractivity contribution is 7.89. The van der Waals surface area contributed by atoms with Crippen LogP contribution in [0.25, 0.3) is 0 Å². The second-order valence-electron chi connectivity index (χ2n) is 8.83. The van der Waals surface area contributed by atoms with Crippen LogP contribution in [-0.2, 0) is 19.3 Å². The van der Waals surface area contributed by atoms with Crippen LogP contribution in [0, 0.1) is 18.8 Å². The highest BCUT2D eigenvalue weighted by Gasteiger charge is 2.37. The van der Waals surface area contributed by atoms with E-state index in [1.54, 1.807) is 24.3 Å². The Morgan fingerprint density at radius 2 is 1.79 bits per heavy atom. The summed E-state index contributed by atoms with van der Waals surface area (Å²) >= 11 is 0. The molecule has 0 heterocycles. The molecule has 1 unspecified atom stereocenters. The summed E-state index contributed by atoms with van der Waals surface area (Å²) in [6, 6.07) is 6.63. The van der Waals surface area contributed by atoms with E-state index in [9.17, 15) is 8.42 Å². The molecule has 0 bridgehead atoms. The minimum atomic E-state index is -3.76. The molecule has 1 N–H and O–H groups in total. The van der Waals surface area contributed by atoms with Gasteiger partial charge in [0.2, 0.25) is 0 Å². The van der Waals surface area contributed by atoms with Crippen LogP contribution in [0.5, 0.6) is 0 Å². The molecule has 0 aliphatic carbocycles. The molecule has 0 aliphatic heterocycles. The van der Waals surface area contributed by atoms with Crippen molar-refractivity contribution in [3.05, 3.63) is 29.8 Å². The molecule has 0 radical (unpaired) electrons. The smallest absolute Gasteiger partial charge is 0.262 e. The predicted octanol–water partition coefficient (Wildman–Crippen LogP) is 5.18. The topological polar surface area (TPSA) is 64.6 Å². The Bertz CT molecular complexity index is 787. The van der Waals surface area contributed by atoms with Crippen molar-refractivity contribution in [2.45, 2.75) is 89.4 Å². The van der Waals surface area contributed by atoms with E-state index in [1.165, 1.54) is 0 Å². The standard InChI is InChI=1S/C22H37NO4SSi/c1-8-9-10-11-12-20(17-18-26-29(6,7)22(3,4)5)27-23-28(24,25)21-15-13-19(2)14-16-21/h13-16,20,23H,8-10,17-18H2,1-7H3. The lowest BCUT2D eigenvalue weighted by Crippen LogP contribution is -2.41. The second kappa shape index (κ2) is 11.3. The zero-order valence-corrected chi connectivity index (χ0v) is 20.8. The van der Waals surface area contributed by atoms with Crippen molar-refractivity contribution in [1.82, 2.24) is 4.89 Å². The van der Waals surface area contributed by atoms with E-state index in [0.717, 1.165) is 24.8 Å². The van der Waals surface area contributed by atoms with Crippen LogP contribution in [0.3, 0.4) is 0 Å². The first kappa shape index (κ1) is 25.9. The van der Waals surface area contributed by atoms with Crippen molar-refractivity contribution in [2.24, 2.45) is 0 Å². The molecule has 0 amide bonds. The lowest BCUT2D eigenvalue weighted by Gasteiger charge is -2.36. The summed E-state index contributed by atoms with van der Waals surface area (Å²) in [5.74, 6) is 6.14. The van der Waals surface area contributed by atoms with Gasteiger partial charge in [-0.2, -0.15) is 0 Å². The monoisotopic (exact) mass is 439 g/mol. The van der Waals surface area contributed by atoms with E-state index >= 15 is 0 Å². The first-order valence-electron chi connectivity index (χ1n) is 10.3. The average molecular weight is 440 g/mol. The van der Waals surface area contributed by atoms with Gasteiger partial charge in [-0.15, -0.1) is 5.92 Å². The third-order valence-corrected chi connectivity index (χ3v) is 10.9. The number of hydrogen-bond donors (Lipinski definition) is 1. The van der Waals surface area contributed by atoms with Crippen molar-refractivity contribution in [3.8, 4) is 11.8 Å². The van der Waals surface area contributed by atoms with Gasteiger partial charge in [0, 0.05) is 19.4 Å². The van der Waals surface area contributed by atoms with Crippen LogP contribution in [0.1, 0.15) is 58.9 Å². The summed E-state index contributed by atoms with van der Waals surface area (Å²) < 4.78 is 31.2. The molecule has 164 valence electrons. The predicted molar refractivity (Wildman–Crippen MR) is 121 cm³/mol. The van der Waals surface area contributed by atoms with Crippen molar-refractivity contribution >= 4 is 18.3 Å². The molecule has 1 atom stereocenters. The van der Waals surface area contributed by atoms with Crippen molar-refractivity contribution in [3.63, 3.8) is 0 Å². The highest BCUT2D eigenvalue weighted by Crippen LogP contribution is 2.36. The van der Waals surface area contributed by atoms with E-state index in [2.05, 4.69) is 57.5 Å². The molecule has 7 heteroatoms. The lowest BCUT2D eigenvalue weighted by molar-refractivity contribution is 0.0386. The zero-order chi connectivity index (χ0) is 22.1. The Hall–Kier alpha value is -1.17. The third-order valence-electron chi connectivity index (χ3n) is 5.20. The van der Waals surface area contributed by atoms with Gasteiger partial charge < -0.3 is 4.43 Å². The molecule has 0 aromatic heterocycles. The molecule has 0 spiro atoms. The summed E-state index contributed by atoms with van der Waals surface area (Å²) in [5.41, 5.74) is 0.993. The normalized spacial score (nSPS) is 13.6. The summed E-state index contributed by atoms with van der Waals surface area (Å²) in [5, 5.41) is 0.114. The van der Waals surface area contributed by atoms with Gasteiger partial charge in [-0.05, 0) is 43.6 Å². The summed E-state index contributed by atoms with van der Waals surface area (Å²) in [7, 11) is -5.63. The van der Waals surface area contributed by atoms with Crippen LogP contribution >= 0.6 is 0 Å². The van der Waals surface area contributed by atoms with Gasteiger partial charge in [0.1, 0.15) is 6.10 Å². The van der Waals surface area contributed by atoms with Crippen molar-refractivity contribution in [2.75, 3.05) is 6.61 Å². The van der Waals surface area contributed by atoms with Crippen LogP contribution < -0.4 is 4.89 Å². The minimum absolute atomic E-state index is 0.114. The van der Waals surface area contributed by atoms with Crippen molar-refractivity contribution < 1.29 is 17.7 Å². The molecule has 5 nitrogen and oxygen atoms in total. The van der Waals surface area contributed by atoms with E-state index in [0.29, 0.717) is 13.0 Å². The fourth-order valence-corrected chi connectivity index (χ4v) is 4.03. The molecule has 0 saturated carbocycles. The van der Waals surface area contributed by atoms with Crippen LogP contribution in [0.2, 0.25) is 18.1 Å². The van der Waals surface area contributed by atoms with Crippen LogP contribution in [0.15, 0.2) is 29.2 Å². The van der Waals surface area contributed by atoms with Gasteiger partial charge in [0.05, 0.1) is 4.90 Å². The summed E-state index contributed by atoms with van der Waals surface area (Å²) in [6.45, 7) is 15.4. The summed E-state index contributed by atoms with van der Waals surface area (Å²) in [6.07, 6.45) is 2.79. The fraction of sp³-hybridized carbons (Fsp3) is 0.636.